The maximum absolute atomic E-state index is 12.8. The van der Waals surface area contributed by atoms with Crippen LogP contribution in [0.15, 0.2) is 24.3 Å². The first-order chi connectivity index (χ1) is 11.3. The van der Waals surface area contributed by atoms with Crippen LogP contribution in [0.25, 0.3) is 6.08 Å². The first kappa shape index (κ1) is 21.5. The summed E-state index contributed by atoms with van der Waals surface area (Å²) in [6, 6.07) is 1.36. The molecule has 0 aliphatic rings. The van der Waals surface area contributed by atoms with Crippen LogP contribution < -0.4 is 0 Å². The van der Waals surface area contributed by atoms with Crippen molar-refractivity contribution in [3.63, 3.8) is 0 Å². The third-order valence-corrected chi connectivity index (χ3v) is 3.78. The van der Waals surface area contributed by atoms with Gasteiger partial charge in [0.25, 0.3) is 0 Å². The minimum atomic E-state index is -4.88. The summed E-state index contributed by atoms with van der Waals surface area (Å²) >= 11 is 0. The van der Waals surface area contributed by atoms with Crippen molar-refractivity contribution in [3.8, 4) is 0 Å². The van der Waals surface area contributed by atoms with Gasteiger partial charge in [-0.25, -0.2) is 0 Å². The molecule has 7 heteroatoms. The molecular formula is C18H22F6O. The zero-order chi connectivity index (χ0) is 19.3. The van der Waals surface area contributed by atoms with Gasteiger partial charge in [0.15, 0.2) is 0 Å². The van der Waals surface area contributed by atoms with Gasteiger partial charge in [-0.15, -0.1) is 0 Å². The molecule has 1 rings (SSSR count). The second kappa shape index (κ2) is 8.25. The van der Waals surface area contributed by atoms with Crippen LogP contribution in [0, 0.1) is 0 Å². The molecule has 1 aromatic rings. The number of alkyl halides is 6. The number of hydrogen-bond donors (Lipinski definition) is 1. The van der Waals surface area contributed by atoms with Crippen LogP contribution in [0.3, 0.4) is 0 Å². The standard InChI is InChI=1S/C18H22F6O/c1-3-4-5-6-8-16(2,25)9-7-13-10-14(17(19,20)21)12-15(11-13)18(22,23)24/h7,9-12,25H,3-6,8H2,1-2H3/b9-7+/t16-/m1/s1. The van der Waals surface area contributed by atoms with E-state index in [-0.39, 0.29) is 11.6 Å². The van der Waals surface area contributed by atoms with Crippen molar-refractivity contribution in [1.82, 2.24) is 0 Å². The van der Waals surface area contributed by atoms with Gasteiger partial charge in [0.1, 0.15) is 0 Å². The van der Waals surface area contributed by atoms with E-state index < -0.39 is 29.1 Å². The van der Waals surface area contributed by atoms with E-state index in [1.165, 1.54) is 13.0 Å². The maximum Gasteiger partial charge on any atom is 0.416 e. The molecule has 0 saturated carbocycles. The van der Waals surface area contributed by atoms with Gasteiger partial charge in [-0.1, -0.05) is 44.8 Å². The van der Waals surface area contributed by atoms with Gasteiger partial charge in [0.2, 0.25) is 0 Å². The van der Waals surface area contributed by atoms with Gasteiger partial charge in [-0.05, 0) is 37.1 Å². The minimum absolute atomic E-state index is 0.0836. The lowest BCUT2D eigenvalue weighted by Crippen LogP contribution is -2.20. The topological polar surface area (TPSA) is 20.2 Å². The highest BCUT2D eigenvalue weighted by atomic mass is 19.4. The summed E-state index contributed by atoms with van der Waals surface area (Å²) in [4.78, 5) is 0. The molecule has 0 heterocycles. The number of aliphatic hydroxyl groups is 1. The highest BCUT2D eigenvalue weighted by Crippen LogP contribution is 2.36. The summed E-state index contributed by atoms with van der Waals surface area (Å²) in [6.45, 7) is 3.51. The first-order valence-corrected chi connectivity index (χ1v) is 8.06. The molecular weight excluding hydrogens is 346 g/mol. The van der Waals surface area contributed by atoms with Crippen LogP contribution >= 0.6 is 0 Å². The van der Waals surface area contributed by atoms with Crippen molar-refractivity contribution in [1.29, 1.82) is 0 Å². The Hall–Kier alpha value is -1.50. The fraction of sp³-hybridized carbons (Fsp3) is 0.556. The smallest absolute Gasteiger partial charge is 0.386 e. The Morgan fingerprint density at radius 1 is 0.880 bits per heavy atom. The Kier molecular flexibility index (Phi) is 7.11. The van der Waals surface area contributed by atoms with Gasteiger partial charge >= 0.3 is 12.4 Å². The predicted octanol–water partition coefficient (Wildman–Crippen LogP) is 6.46. The van der Waals surface area contributed by atoms with E-state index in [0.717, 1.165) is 31.8 Å². The summed E-state index contributed by atoms with van der Waals surface area (Å²) in [5, 5.41) is 10.2. The summed E-state index contributed by atoms with van der Waals surface area (Å²) in [5.74, 6) is 0. The molecule has 0 radical (unpaired) electrons. The molecule has 0 saturated heterocycles. The fourth-order valence-electron chi connectivity index (χ4n) is 2.34. The molecule has 0 amide bonds. The minimum Gasteiger partial charge on any atom is -0.386 e. The third kappa shape index (κ3) is 7.50. The average Bonchev–Trinajstić information content (AvgIpc) is 2.48. The highest BCUT2D eigenvalue weighted by Gasteiger charge is 2.36. The van der Waals surface area contributed by atoms with Gasteiger partial charge in [-0.2, -0.15) is 26.3 Å². The molecule has 0 unspecified atom stereocenters. The number of rotatable bonds is 7. The van der Waals surface area contributed by atoms with Crippen LogP contribution in [0.5, 0.6) is 0 Å². The van der Waals surface area contributed by atoms with Crippen molar-refractivity contribution in [2.24, 2.45) is 0 Å². The van der Waals surface area contributed by atoms with E-state index in [0.29, 0.717) is 18.6 Å². The summed E-state index contributed by atoms with van der Waals surface area (Å²) in [6.07, 6.45) is -3.39. The largest absolute Gasteiger partial charge is 0.416 e. The fourth-order valence-corrected chi connectivity index (χ4v) is 2.34. The molecule has 25 heavy (non-hydrogen) atoms. The van der Waals surface area contributed by atoms with Gasteiger partial charge in [0.05, 0.1) is 16.7 Å². The van der Waals surface area contributed by atoms with Gasteiger partial charge in [-0.3, -0.25) is 0 Å². The molecule has 0 aromatic heterocycles. The Morgan fingerprint density at radius 2 is 1.40 bits per heavy atom. The molecule has 0 bridgehead atoms. The number of unbranched alkanes of at least 4 members (excludes halogenated alkanes) is 3. The van der Waals surface area contributed by atoms with E-state index in [4.69, 9.17) is 0 Å². The summed E-state index contributed by atoms with van der Waals surface area (Å²) in [7, 11) is 0. The van der Waals surface area contributed by atoms with E-state index in [1.54, 1.807) is 0 Å². The van der Waals surface area contributed by atoms with Crippen molar-refractivity contribution >= 4 is 6.08 Å². The monoisotopic (exact) mass is 368 g/mol. The predicted molar refractivity (Wildman–Crippen MR) is 84.9 cm³/mol. The molecule has 0 spiro atoms. The zero-order valence-corrected chi connectivity index (χ0v) is 14.1. The van der Waals surface area contributed by atoms with Crippen LogP contribution in [0.4, 0.5) is 26.3 Å². The van der Waals surface area contributed by atoms with Gasteiger partial charge < -0.3 is 5.11 Å². The Bertz CT molecular complexity index is 552. The molecule has 1 aromatic carbocycles. The van der Waals surface area contributed by atoms with E-state index in [2.05, 4.69) is 0 Å². The third-order valence-electron chi connectivity index (χ3n) is 3.78. The molecule has 0 aliphatic carbocycles. The highest BCUT2D eigenvalue weighted by molar-refractivity contribution is 5.54. The Morgan fingerprint density at radius 3 is 1.84 bits per heavy atom. The first-order valence-electron chi connectivity index (χ1n) is 8.06. The lowest BCUT2D eigenvalue weighted by molar-refractivity contribution is -0.143. The molecule has 1 N–H and O–H groups in total. The van der Waals surface area contributed by atoms with Crippen LogP contribution in [0.2, 0.25) is 0 Å². The summed E-state index contributed by atoms with van der Waals surface area (Å²) < 4.78 is 76.9. The quantitative estimate of drug-likeness (QED) is 0.433. The number of benzene rings is 1. The van der Waals surface area contributed by atoms with Gasteiger partial charge in [0, 0.05) is 0 Å². The van der Waals surface area contributed by atoms with Crippen LogP contribution in [0.1, 0.15) is 62.6 Å². The molecule has 0 fully saturated rings. The zero-order valence-electron chi connectivity index (χ0n) is 14.1. The molecule has 0 aliphatic heterocycles. The van der Waals surface area contributed by atoms with E-state index in [9.17, 15) is 31.4 Å². The Labute approximate surface area is 143 Å². The van der Waals surface area contributed by atoms with Crippen molar-refractivity contribution < 1.29 is 31.4 Å². The van der Waals surface area contributed by atoms with E-state index in [1.807, 2.05) is 6.92 Å². The SMILES string of the molecule is CCCCCC[C@@](C)(O)/C=C/c1cc(C(F)(F)F)cc(C(F)(F)F)c1. The average molecular weight is 368 g/mol. The second-order valence-corrected chi connectivity index (χ2v) is 6.34. The molecule has 142 valence electrons. The maximum atomic E-state index is 12.8. The normalized spacial score (nSPS) is 15.6. The lowest BCUT2D eigenvalue weighted by Gasteiger charge is -2.19. The number of halogens is 6. The number of hydrogen-bond acceptors (Lipinski definition) is 1. The van der Waals surface area contributed by atoms with Crippen LogP contribution in [-0.2, 0) is 12.4 Å². The van der Waals surface area contributed by atoms with Crippen molar-refractivity contribution in [3.05, 3.63) is 41.0 Å². The lowest BCUT2D eigenvalue weighted by atomic mass is 9.96. The van der Waals surface area contributed by atoms with Crippen LogP contribution in [-0.4, -0.2) is 10.7 Å². The van der Waals surface area contributed by atoms with Crippen molar-refractivity contribution in [2.75, 3.05) is 0 Å². The second-order valence-electron chi connectivity index (χ2n) is 6.34. The molecule has 1 nitrogen and oxygen atoms in total. The Balaban J connectivity index is 3.03. The molecule has 1 atom stereocenters. The van der Waals surface area contributed by atoms with E-state index >= 15 is 0 Å². The summed E-state index contributed by atoms with van der Waals surface area (Å²) in [5.41, 5.74) is -4.29. The van der Waals surface area contributed by atoms with Crippen molar-refractivity contribution in [2.45, 2.75) is 63.9 Å².